The van der Waals surface area contributed by atoms with Gasteiger partial charge in [0.2, 0.25) is 0 Å². The number of hydrogen-bond donors (Lipinski definition) is 3. The van der Waals surface area contributed by atoms with Gasteiger partial charge >= 0.3 is 0 Å². The molecule has 0 amide bonds. The van der Waals surface area contributed by atoms with Crippen LogP contribution in [0, 0.1) is 0 Å². The van der Waals surface area contributed by atoms with Crippen molar-refractivity contribution in [3.05, 3.63) is 23.8 Å². The van der Waals surface area contributed by atoms with E-state index < -0.39 is 0 Å². The molecule has 0 bridgehead atoms. The van der Waals surface area contributed by atoms with Crippen molar-refractivity contribution in [2.24, 2.45) is 0 Å². The first kappa shape index (κ1) is 11.3. The largest absolute Gasteiger partial charge is 0.506 e. The second-order valence-electron chi connectivity index (χ2n) is 4.72. The molecule has 2 rings (SSSR count). The van der Waals surface area contributed by atoms with Gasteiger partial charge in [0.25, 0.3) is 0 Å². The molecule has 1 heterocycles. The highest BCUT2D eigenvalue weighted by Crippen LogP contribution is 2.36. The van der Waals surface area contributed by atoms with Gasteiger partial charge in [-0.25, -0.2) is 0 Å². The van der Waals surface area contributed by atoms with E-state index in [9.17, 15) is 5.11 Å². The van der Waals surface area contributed by atoms with E-state index in [2.05, 4.69) is 30.5 Å². The van der Waals surface area contributed by atoms with Crippen LogP contribution in [0.2, 0.25) is 0 Å². The van der Waals surface area contributed by atoms with Crippen molar-refractivity contribution >= 4 is 5.69 Å². The summed E-state index contributed by atoms with van der Waals surface area (Å²) in [5.74, 6) is 0.873. The molecule has 1 aliphatic rings. The Hall–Kier alpha value is -1.22. The third kappa shape index (κ3) is 2.30. The molecule has 16 heavy (non-hydrogen) atoms. The van der Waals surface area contributed by atoms with Crippen LogP contribution in [-0.4, -0.2) is 24.2 Å². The van der Waals surface area contributed by atoms with Gasteiger partial charge in [0.15, 0.2) is 0 Å². The van der Waals surface area contributed by atoms with Crippen molar-refractivity contribution < 1.29 is 5.11 Å². The van der Waals surface area contributed by atoms with Crippen molar-refractivity contribution in [2.45, 2.75) is 32.2 Å². The standard InChI is InChI=1S/C13H20N2O/c1-9(2)15-8-10-6-7-14-13-11(10)4-3-5-12(13)16/h3-5,9-10,14-16H,6-8H2,1-2H3. The van der Waals surface area contributed by atoms with Crippen LogP contribution in [0.15, 0.2) is 18.2 Å². The number of nitrogens with one attached hydrogen (secondary N) is 2. The highest BCUT2D eigenvalue weighted by Gasteiger charge is 2.21. The van der Waals surface area contributed by atoms with Gasteiger partial charge in [-0.1, -0.05) is 26.0 Å². The molecule has 0 aromatic heterocycles. The molecule has 3 nitrogen and oxygen atoms in total. The zero-order valence-corrected chi connectivity index (χ0v) is 9.96. The number of rotatable bonds is 3. The minimum Gasteiger partial charge on any atom is -0.506 e. The fourth-order valence-electron chi connectivity index (χ4n) is 2.21. The summed E-state index contributed by atoms with van der Waals surface area (Å²) >= 11 is 0. The predicted molar refractivity (Wildman–Crippen MR) is 67.1 cm³/mol. The molecule has 0 spiro atoms. The summed E-state index contributed by atoms with van der Waals surface area (Å²) in [6, 6.07) is 6.28. The lowest BCUT2D eigenvalue weighted by atomic mass is 9.90. The molecule has 0 saturated carbocycles. The zero-order chi connectivity index (χ0) is 11.5. The van der Waals surface area contributed by atoms with Gasteiger partial charge in [-0.05, 0) is 18.1 Å². The first-order valence-corrected chi connectivity index (χ1v) is 5.97. The SMILES string of the molecule is CC(C)NCC1CCNc2c(O)cccc21. The average molecular weight is 220 g/mol. The summed E-state index contributed by atoms with van der Waals surface area (Å²) in [6.45, 7) is 6.24. The average Bonchev–Trinajstić information content (AvgIpc) is 2.27. The lowest BCUT2D eigenvalue weighted by molar-refractivity contribution is 0.468. The fourth-order valence-corrected chi connectivity index (χ4v) is 2.21. The molecule has 1 aromatic rings. The summed E-state index contributed by atoms with van der Waals surface area (Å²) in [4.78, 5) is 0. The maximum absolute atomic E-state index is 9.77. The maximum Gasteiger partial charge on any atom is 0.138 e. The molecule has 0 radical (unpaired) electrons. The lowest BCUT2D eigenvalue weighted by Crippen LogP contribution is -2.31. The number of aromatic hydroxyl groups is 1. The van der Waals surface area contributed by atoms with Crippen LogP contribution in [0.25, 0.3) is 0 Å². The van der Waals surface area contributed by atoms with Crippen LogP contribution in [0.4, 0.5) is 5.69 Å². The van der Waals surface area contributed by atoms with Gasteiger partial charge in [-0.2, -0.15) is 0 Å². The van der Waals surface area contributed by atoms with Crippen LogP contribution in [0.5, 0.6) is 5.75 Å². The summed E-state index contributed by atoms with van der Waals surface area (Å²) in [6.07, 6.45) is 1.12. The Kier molecular flexibility index (Phi) is 3.34. The number of anilines is 1. The highest BCUT2D eigenvalue weighted by molar-refractivity contribution is 5.64. The monoisotopic (exact) mass is 220 g/mol. The number of benzene rings is 1. The molecule has 1 aliphatic heterocycles. The third-order valence-corrected chi connectivity index (χ3v) is 3.08. The summed E-state index contributed by atoms with van der Waals surface area (Å²) < 4.78 is 0. The van der Waals surface area contributed by atoms with E-state index in [1.807, 2.05) is 6.07 Å². The molecule has 88 valence electrons. The van der Waals surface area contributed by atoms with Crippen molar-refractivity contribution in [1.29, 1.82) is 0 Å². The third-order valence-electron chi connectivity index (χ3n) is 3.08. The topological polar surface area (TPSA) is 44.3 Å². The van der Waals surface area contributed by atoms with Crippen LogP contribution in [-0.2, 0) is 0 Å². The van der Waals surface area contributed by atoms with Crippen LogP contribution in [0.3, 0.4) is 0 Å². The van der Waals surface area contributed by atoms with Crippen molar-refractivity contribution in [2.75, 3.05) is 18.4 Å². The highest BCUT2D eigenvalue weighted by atomic mass is 16.3. The Bertz CT molecular complexity index is 363. The van der Waals surface area contributed by atoms with Gasteiger partial charge in [-0.3, -0.25) is 0 Å². The Morgan fingerprint density at radius 2 is 2.31 bits per heavy atom. The Morgan fingerprint density at radius 1 is 1.50 bits per heavy atom. The molecular weight excluding hydrogens is 200 g/mol. The maximum atomic E-state index is 9.77. The minimum atomic E-state index is 0.367. The van der Waals surface area contributed by atoms with Gasteiger partial charge < -0.3 is 15.7 Å². The van der Waals surface area contributed by atoms with Crippen molar-refractivity contribution in [3.63, 3.8) is 0 Å². The van der Waals surface area contributed by atoms with Crippen molar-refractivity contribution in [3.8, 4) is 5.75 Å². The zero-order valence-electron chi connectivity index (χ0n) is 9.96. The molecule has 3 N–H and O–H groups in total. The normalized spacial score (nSPS) is 19.3. The van der Waals surface area contributed by atoms with E-state index >= 15 is 0 Å². The van der Waals surface area contributed by atoms with Gasteiger partial charge in [0.05, 0.1) is 5.69 Å². The molecule has 0 aliphatic carbocycles. The molecule has 1 unspecified atom stereocenters. The second-order valence-corrected chi connectivity index (χ2v) is 4.72. The Balaban J connectivity index is 2.16. The number of fused-ring (bicyclic) bond motifs is 1. The number of phenolic OH excluding ortho intramolecular Hbond substituents is 1. The van der Waals surface area contributed by atoms with E-state index in [4.69, 9.17) is 0 Å². The van der Waals surface area contributed by atoms with E-state index in [0.717, 1.165) is 25.2 Å². The summed E-state index contributed by atoms with van der Waals surface area (Å²) in [5.41, 5.74) is 2.16. The van der Waals surface area contributed by atoms with Gasteiger partial charge in [0.1, 0.15) is 5.75 Å². The van der Waals surface area contributed by atoms with E-state index in [1.54, 1.807) is 6.07 Å². The van der Waals surface area contributed by atoms with E-state index in [1.165, 1.54) is 5.56 Å². The lowest BCUT2D eigenvalue weighted by Gasteiger charge is -2.28. The summed E-state index contributed by atoms with van der Waals surface area (Å²) in [5, 5.41) is 16.5. The quantitative estimate of drug-likeness (QED) is 0.685. The minimum absolute atomic E-state index is 0.367. The molecule has 1 atom stereocenters. The number of hydrogen-bond acceptors (Lipinski definition) is 3. The molecular formula is C13H20N2O. The number of para-hydroxylation sites is 1. The predicted octanol–water partition coefficient (Wildman–Crippen LogP) is 2.29. The van der Waals surface area contributed by atoms with Crippen molar-refractivity contribution in [1.82, 2.24) is 5.32 Å². The smallest absolute Gasteiger partial charge is 0.138 e. The molecule has 3 heteroatoms. The number of phenols is 1. The van der Waals surface area contributed by atoms with Gasteiger partial charge in [-0.15, -0.1) is 0 Å². The van der Waals surface area contributed by atoms with Gasteiger partial charge in [0, 0.05) is 25.0 Å². The van der Waals surface area contributed by atoms with E-state index in [-0.39, 0.29) is 0 Å². The van der Waals surface area contributed by atoms with Crippen LogP contribution in [0.1, 0.15) is 31.7 Å². The van der Waals surface area contributed by atoms with Crippen LogP contribution < -0.4 is 10.6 Å². The summed E-state index contributed by atoms with van der Waals surface area (Å²) in [7, 11) is 0. The molecule has 1 aromatic carbocycles. The van der Waals surface area contributed by atoms with Crippen LogP contribution >= 0.6 is 0 Å². The first-order chi connectivity index (χ1) is 7.68. The first-order valence-electron chi connectivity index (χ1n) is 5.97. The second kappa shape index (κ2) is 4.74. The molecule has 0 saturated heterocycles. The Labute approximate surface area is 96.9 Å². The Morgan fingerprint density at radius 3 is 3.06 bits per heavy atom. The van der Waals surface area contributed by atoms with E-state index in [0.29, 0.717) is 17.7 Å². The molecule has 0 fully saturated rings. The fraction of sp³-hybridized carbons (Fsp3) is 0.538.